The van der Waals surface area contributed by atoms with E-state index in [0.717, 1.165) is 0 Å². The van der Waals surface area contributed by atoms with Crippen molar-refractivity contribution >= 4 is 17.8 Å². The van der Waals surface area contributed by atoms with Crippen molar-refractivity contribution < 1.29 is 24.2 Å². The molecule has 0 rings (SSSR count). The van der Waals surface area contributed by atoms with Gasteiger partial charge in [-0.15, -0.1) is 0 Å². The molecule has 7 nitrogen and oxygen atoms in total. The minimum Gasteiger partial charge on any atom is -0.481 e. The summed E-state index contributed by atoms with van der Waals surface area (Å²) in [5.74, 6) is -1.38. The predicted octanol–water partition coefficient (Wildman–Crippen LogP) is -0.538. The third-order valence-electron chi connectivity index (χ3n) is 2.23. The second kappa shape index (κ2) is 9.41. The lowest BCUT2D eigenvalue weighted by atomic mass is 10.3. The number of ether oxygens (including phenoxy) is 1. The molecule has 1 amide bonds. The largest absolute Gasteiger partial charge is 0.481 e. The molecule has 0 bridgehead atoms. The molecule has 18 heavy (non-hydrogen) atoms. The maximum atomic E-state index is 11.4. The van der Waals surface area contributed by atoms with E-state index in [-0.39, 0.29) is 31.3 Å². The smallest absolute Gasteiger partial charge is 0.306 e. The van der Waals surface area contributed by atoms with Crippen LogP contribution >= 0.6 is 0 Å². The van der Waals surface area contributed by atoms with E-state index in [1.807, 2.05) is 0 Å². The number of likely N-dealkylation sites (N-methyl/N-ethyl adjacent to an activating group) is 1. The van der Waals surface area contributed by atoms with Gasteiger partial charge in [-0.2, -0.15) is 0 Å². The Labute approximate surface area is 106 Å². The van der Waals surface area contributed by atoms with E-state index >= 15 is 0 Å². The van der Waals surface area contributed by atoms with Crippen LogP contribution in [0.1, 0.15) is 19.3 Å². The van der Waals surface area contributed by atoms with E-state index in [9.17, 15) is 14.4 Å². The van der Waals surface area contributed by atoms with Gasteiger partial charge >= 0.3 is 11.9 Å². The molecule has 104 valence electrons. The molecule has 0 aromatic carbocycles. The van der Waals surface area contributed by atoms with Crippen LogP contribution < -0.4 is 5.32 Å². The normalized spacial score (nSPS) is 10.2. The lowest BCUT2D eigenvalue weighted by Crippen LogP contribution is -2.36. The van der Waals surface area contributed by atoms with Gasteiger partial charge in [0, 0.05) is 19.5 Å². The monoisotopic (exact) mass is 260 g/mol. The van der Waals surface area contributed by atoms with Crippen molar-refractivity contribution in [3.8, 4) is 0 Å². The Morgan fingerprint density at radius 1 is 1.28 bits per heavy atom. The lowest BCUT2D eigenvalue weighted by molar-refractivity contribution is -0.141. The van der Waals surface area contributed by atoms with Crippen molar-refractivity contribution in [3.05, 3.63) is 0 Å². The van der Waals surface area contributed by atoms with Crippen LogP contribution in [-0.2, 0) is 19.1 Å². The number of carboxylic acids is 1. The Kier molecular flexibility index (Phi) is 8.55. The molecule has 0 heterocycles. The summed E-state index contributed by atoms with van der Waals surface area (Å²) in [7, 11) is 3.04. The first kappa shape index (κ1) is 16.4. The van der Waals surface area contributed by atoms with Crippen molar-refractivity contribution in [1.29, 1.82) is 0 Å². The van der Waals surface area contributed by atoms with E-state index in [4.69, 9.17) is 5.11 Å². The van der Waals surface area contributed by atoms with E-state index in [1.165, 1.54) is 7.11 Å². The van der Waals surface area contributed by atoms with Gasteiger partial charge < -0.3 is 15.2 Å². The number of esters is 1. The molecule has 0 aromatic heterocycles. The summed E-state index contributed by atoms with van der Waals surface area (Å²) in [6.07, 6.45) is 0.685. The zero-order chi connectivity index (χ0) is 14.0. The predicted molar refractivity (Wildman–Crippen MR) is 64.0 cm³/mol. The van der Waals surface area contributed by atoms with Crippen LogP contribution in [0.4, 0.5) is 0 Å². The number of hydrogen-bond donors (Lipinski definition) is 2. The molecule has 0 spiro atoms. The molecule has 7 heteroatoms. The number of rotatable bonds is 9. The van der Waals surface area contributed by atoms with Crippen LogP contribution in [0, 0.1) is 0 Å². The Hall–Kier alpha value is -1.63. The Morgan fingerprint density at radius 2 is 1.94 bits per heavy atom. The molecule has 0 aliphatic rings. The number of amides is 1. The van der Waals surface area contributed by atoms with E-state index in [2.05, 4.69) is 10.1 Å². The van der Waals surface area contributed by atoms with Gasteiger partial charge in [-0.05, 0) is 13.5 Å². The van der Waals surface area contributed by atoms with Crippen LogP contribution in [0.25, 0.3) is 0 Å². The number of methoxy groups -OCH3 is 1. The molecule has 2 N–H and O–H groups in total. The summed E-state index contributed by atoms with van der Waals surface area (Å²) in [4.78, 5) is 34.2. The molecule has 0 aliphatic heterocycles. The van der Waals surface area contributed by atoms with Gasteiger partial charge in [0.05, 0.1) is 20.1 Å². The number of nitrogens with zero attached hydrogens (tertiary/aromatic N) is 1. The molecular weight excluding hydrogens is 240 g/mol. The molecule has 0 radical (unpaired) electrons. The van der Waals surface area contributed by atoms with E-state index in [0.29, 0.717) is 19.5 Å². The maximum absolute atomic E-state index is 11.4. The van der Waals surface area contributed by atoms with Crippen LogP contribution in [0.3, 0.4) is 0 Å². The molecular formula is C11H20N2O5. The molecule has 0 aromatic rings. The minimum atomic E-state index is -0.876. The van der Waals surface area contributed by atoms with Gasteiger partial charge in [-0.25, -0.2) is 0 Å². The fourth-order valence-electron chi connectivity index (χ4n) is 1.23. The van der Waals surface area contributed by atoms with Crippen molar-refractivity contribution in [2.24, 2.45) is 0 Å². The number of nitrogens with one attached hydrogen (secondary N) is 1. The van der Waals surface area contributed by atoms with Crippen molar-refractivity contribution in [3.63, 3.8) is 0 Å². The SMILES string of the molecule is COC(=O)CCN(C)CC(=O)NCCCC(=O)O. The van der Waals surface area contributed by atoms with Gasteiger partial charge in [0.15, 0.2) is 0 Å². The van der Waals surface area contributed by atoms with Crippen LogP contribution in [0.2, 0.25) is 0 Å². The van der Waals surface area contributed by atoms with Crippen molar-refractivity contribution in [1.82, 2.24) is 10.2 Å². The summed E-state index contributed by atoms with van der Waals surface area (Å²) in [5, 5.41) is 11.0. The van der Waals surface area contributed by atoms with E-state index < -0.39 is 5.97 Å². The van der Waals surface area contributed by atoms with Gasteiger partial charge in [0.2, 0.25) is 5.91 Å². The number of carboxylic acid groups (broad SMARTS) is 1. The summed E-state index contributed by atoms with van der Waals surface area (Å²) >= 11 is 0. The number of carbonyl (C=O) groups is 3. The van der Waals surface area contributed by atoms with Crippen LogP contribution in [-0.4, -0.2) is 61.6 Å². The summed E-state index contributed by atoms with van der Waals surface area (Å²) < 4.78 is 4.49. The second-order valence-corrected chi connectivity index (χ2v) is 3.91. The molecule has 0 saturated heterocycles. The molecule has 0 atom stereocenters. The fourth-order valence-corrected chi connectivity index (χ4v) is 1.23. The number of hydrogen-bond acceptors (Lipinski definition) is 5. The molecule has 0 unspecified atom stereocenters. The average molecular weight is 260 g/mol. The zero-order valence-electron chi connectivity index (χ0n) is 10.8. The number of aliphatic carboxylic acids is 1. The first-order valence-corrected chi connectivity index (χ1v) is 5.69. The van der Waals surface area contributed by atoms with Gasteiger partial charge in [0.1, 0.15) is 0 Å². The topological polar surface area (TPSA) is 95.9 Å². The van der Waals surface area contributed by atoms with E-state index in [1.54, 1.807) is 11.9 Å². The Bertz CT molecular complexity index is 293. The third-order valence-corrected chi connectivity index (χ3v) is 2.23. The third kappa shape index (κ3) is 9.59. The Balaban J connectivity index is 3.61. The first-order valence-electron chi connectivity index (χ1n) is 5.69. The van der Waals surface area contributed by atoms with Crippen molar-refractivity contribution in [2.45, 2.75) is 19.3 Å². The zero-order valence-corrected chi connectivity index (χ0v) is 10.8. The maximum Gasteiger partial charge on any atom is 0.306 e. The van der Waals surface area contributed by atoms with Gasteiger partial charge in [-0.1, -0.05) is 0 Å². The Morgan fingerprint density at radius 3 is 2.50 bits per heavy atom. The molecule has 0 aliphatic carbocycles. The number of carbonyl (C=O) groups excluding carboxylic acids is 2. The highest BCUT2D eigenvalue weighted by molar-refractivity contribution is 5.78. The highest BCUT2D eigenvalue weighted by atomic mass is 16.5. The highest BCUT2D eigenvalue weighted by Crippen LogP contribution is 1.90. The molecule has 0 fully saturated rings. The minimum absolute atomic E-state index is 0.0401. The summed E-state index contributed by atoms with van der Waals surface area (Å²) in [5.41, 5.74) is 0. The molecule has 0 saturated carbocycles. The van der Waals surface area contributed by atoms with Crippen LogP contribution in [0.5, 0.6) is 0 Å². The lowest BCUT2D eigenvalue weighted by Gasteiger charge is -2.15. The van der Waals surface area contributed by atoms with Crippen molar-refractivity contribution in [2.75, 3.05) is 33.8 Å². The quantitative estimate of drug-likeness (QED) is 0.427. The van der Waals surface area contributed by atoms with Gasteiger partial charge in [0.25, 0.3) is 0 Å². The van der Waals surface area contributed by atoms with Gasteiger partial charge in [-0.3, -0.25) is 19.3 Å². The van der Waals surface area contributed by atoms with Crippen LogP contribution in [0.15, 0.2) is 0 Å². The summed E-state index contributed by atoms with van der Waals surface area (Å²) in [6.45, 7) is 0.954. The second-order valence-electron chi connectivity index (χ2n) is 3.91. The summed E-state index contributed by atoms with van der Waals surface area (Å²) in [6, 6.07) is 0. The highest BCUT2D eigenvalue weighted by Gasteiger charge is 2.08. The first-order chi connectivity index (χ1) is 8.45. The fraction of sp³-hybridized carbons (Fsp3) is 0.727. The average Bonchev–Trinajstić information content (AvgIpc) is 2.31. The standard InChI is InChI=1S/C11H20N2O5/c1-13(7-5-11(17)18-2)8-9(14)12-6-3-4-10(15)16/h3-8H2,1-2H3,(H,12,14)(H,15,16).